The summed E-state index contributed by atoms with van der Waals surface area (Å²) in [5.74, 6) is -0.538. The second kappa shape index (κ2) is 7.70. The van der Waals surface area contributed by atoms with Crippen molar-refractivity contribution in [3.8, 4) is 5.75 Å². The van der Waals surface area contributed by atoms with Gasteiger partial charge in [0.25, 0.3) is 0 Å². The van der Waals surface area contributed by atoms with Crippen molar-refractivity contribution in [2.45, 2.75) is 19.4 Å². The van der Waals surface area contributed by atoms with E-state index in [0.29, 0.717) is 12.3 Å². The van der Waals surface area contributed by atoms with E-state index in [1.807, 2.05) is 30.3 Å². The normalized spacial score (nSPS) is 13.0. The van der Waals surface area contributed by atoms with Gasteiger partial charge < -0.3 is 14.6 Å². The van der Waals surface area contributed by atoms with Crippen molar-refractivity contribution in [1.82, 2.24) is 0 Å². The summed E-state index contributed by atoms with van der Waals surface area (Å²) in [7, 11) is 0. The van der Waals surface area contributed by atoms with Gasteiger partial charge in [-0.05, 0) is 42.2 Å². The number of carbonyl (C=O) groups excluding carboxylic acids is 1. The molecule has 6 nitrogen and oxygen atoms in total. The fourth-order valence-corrected chi connectivity index (χ4v) is 2.80. The van der Waals surface area contributed by atoms with Crippen LogP contribution in [0.25, 0.3) is 0 Å². The Balaban J connectivity index is 1.68. The predicted molar refractivity (Wildman–Crippen MR) is 91.9 cm³/mol. The fourth-order valence-electron chi connectivity index (χ4n) is 2.80. The van der Waals surface area contributed by atoms with Crippen LogP contribution in [0.3, 0.4) is 0 Å². The Kier molecular flexibility index (Phi) is 5.18. The first kappa shape index (κ1) is 16.8. The second-order valence-electron chi connectivity index (χ2n) is 5.77. The molecular weight excluding hydrogens is 322 g/mol. The van der Waals surface area contributed by atoms with Crippen molar-refractivity contribution in [1.29, 1.82) is 0 Å². The summed E-state index contributed by atoms with van der Waals surface area (Å²) in [4.78, 5) is 24.6. The number of rotatable bonds is 5. The number of carboxylic acid groups (broad SMARTS) is 1. The number of hydrogen-bond donors (Lipinski definition) is 1. The summed E-state index contributed by atoms with van der Waals surface area (Å²) in [6.07, 6.45) is 1.24. The van der Waals surface area contributed by atoms with Gasteiger partial charge in [0.15, 0.2) is 6.61 Å². The third-order valence-corrected chi connectivity index (χ3v) is 3.96. The van der Waals surface area contributed by atoms with E-state index in [1.165, 1.54) is 0 Å². The molecule has 0 radical (unpaired) electrons. The van der Waals surface area contributed by atoms with E-state index in [0.717, 1.165) is 29.7 Å². The minimum atomic E-state index is -1.02. The molecule has 0 saturated carbocycles. The molecule has 3 rings (SSSR count). The maximum Gasteiger partial charge on any atom is 0.414 e. The highest BCUT2D eigenvalue weighted by Crippen LogP contribution is 2.31. The van der Waals surface area contributed by atoms with E-state index in [-0.39, 0.29) is 19.3 Å². The van der Waals surface area contributed by atoms with E-state index in [9.17, 15) is 9.59 Å². The van der Waals surface area contributed by atoms with Crippen LogP contribution in [0.2, 0.25) is 0 Å². The van der Waals surface area contributed by atoms with Crippen molar-refractivity contribution in [3.63, 3.8) is 0 Å². The number of fused-ring (bicyclic) bond motifs is 1. The topological polar surface area (TPSA) is 76.1 Å². The van der Waals surface area contributed by atoms with Crippen LogP contribution < -0.4 is 9.64 Å². The van der Waals surface area contributed by atoms with Crippen LogP contribution in [0.4, 0.5) is 10.5 Å². The lowest BCUT2D eigenvalue weighted by Gasteiger charge is -2.29. The van der Waals surface area contributed by atoms with Crippen molar-refractivity contribution in [2.75, 3.05) is 18.1 Å². The van der Waals surface area contributed by atoms with E-state index in [2.05, 4.69) is 0 Å². The third-order valence-electron chi connectivity index (χ3n) is 3.96. The first-order chi connectivity index (χ1) is 12.1. The van der Waals surface area contributed by atoms with E-state index >= 15 is 0 Å². The average molecular weight is 341 g/mol. The zero-order valence-corrected chi connectivity index (χ0v) is 13.7. The number of ether oxygens (including phenoxy) is 2. The second-order valence-corrected chi connectivity index (χ2v) is 5.77. The number of carboxylic acids is 1. The largest absolute Gasteiger partial charge is 0.482 e. The molecule has 25 heavy (non-hydrogen) atoms. The minimum Gasteiger partial charge on any atom is -0.482 e. The van der Waals surface area contributed by atoms with Gasteiger partial charge in [0.05, 0.1) is 5.69 Å². The van der Waals surface area contributed by atoms with Crippen LogP contribution in [0.1, 0.15) is 17.5 Å². The van der Waals surface area contributed by atoms with Crippen molar-refractivity contribution in [2.24, 2.45) is 0 Å². The fraction of sp³-hybridized carbons (Fsp3) is 0.263. The Bertz CT molecular complexity index is 760. The molecule has 0 fully saturated rings. The van der Waals surface area contributed by atoms with Crippen molar-refractivity contribution >= 4 is 17.7 Å². The Labute approximate surface area is 145 Å². The number of nitrogens with zero attached hydrogens (tertiary/aromatic N) is 1. The van der Waals surface area contributed by atoms with Crippen LogP contribution in [-0.2, 0) is 22.6 Å². The van der Waals surface area contributed by atoms with E-state index < -0.39 is 5.97 Å². The Morgan fingerprint density at radius 3 is 2.68 bits per heavy atom. The number of hydrogen-bond acceptors (Lipinski definition) is 4. The molecule has 2 aromatic rings. The smallest absolute Gasteiger partial charge is 0.414 e. The number of amides is 1. The summed E-state index contributed by atoms with van der Waals surface area (Å²) >= 11 is 0. The zero-order valence-electron chi connectivity index (χ0n) is 13.7. The van der Waals surface area contributed by atoms with E-state index in [1.54, 1.807) is 23.1 Å². The summed E-state index contributed by atoms with van der Waals surface area (Å²) in [6.45, 7) is 0.433. The van der Waals surface area contributed by atoms with Gasteiger partial charge in [-0.3, -0.25) is 4.90 Å². The molecule has 0 spiro atoms. The number of anilines is 1. The van der Waals surface area contributed by atoms with Gasteiger partial charge in [0.1, 0.15) is 12.4 Å². The molecule has 0 aliphatic carbocycles. The van der Waals surface area contributed by atoms with Crippen LogP contribution >= 0.6 is 0 Å². The molecule has 0 unspecified atom stereocenters. The quantitative estimate of drug-likeness (QED) is 0.903. The van der Waals surface area contributed by atoms with Crippen molar-refractivity contribution < 1.29 is 24.2 Å². The van der Waals surface area contributed by atoms with Gasteiger partial charge in [-0.15, -0.1) is 0 Å². The summed E-state index contributed by atoms with van der Waals surface area (Å²) in [5, 5.41) is 8.69. The first-order valence-corrected chi connectivity index (χ1v) is 8.09. The SMILES string of the molecule is O=C(O)COc1ccc2c(c1)CCCN2C(=O)OCc1ccccc1. The molecule has 130 valence electrons. The summed E-state index contributed by atoms with van der Waals surface area (Å²) in [5.41, 5.74) is 2.67. The Morgan fingerprint density at radius 2 is 1.92 bits per heavy atom. The number of benzene rings is 2. The van der Waals surface area contributed by atoms with Gasteiger partial charge >= 0.3 is 12.1 Å². The highest BCUT2D eigenvalue weighted by atomic mass is 16.6. The van der Waals surface area contributed by atoms with Gasteiger partial charge in [-0.1, -0.05) is 30.3 Å². The number of aryl methyl sites for hydroxylation is 1. The highest BCUT2D eigenvalue weighted by Gasteiger charge is 2.24. The molecule has 1 aliphatic heterocycles. The maximum atomic E-state index is 12.4. The first-order valence-electron chi connectivity index (χ1n) is 8.09. The zero-order chi connectivity index (χ0) is 17.6. The third kappa shape index (κ3) is 4.29. The Morgan fingerprint density at radius 1 is 1.12 bits per heavy atom. The van der Waals surface area contributed by atoms with Gasteiger partial charge in [-0.25, -0.2) is 9.59 Å². The monoisotopic (exact) mass is 341 g/mol. The molecule has 2 aromatic carbocycles. The number of carbonyl (C=O) groups is 2. The van der Waals surface area contributed by atoms with Crippen LogP contribution in [0.15, 0.2) is 48.5 Å². The molecule has 1 heterocycles. The van der Waals surface area contributed by atoms with Gasteiger partial charge in [-0.2, -0.15) is 0 Å². The lowest BCUT2D eigenvalue weighted by atomic mass is 10.0. The molecule has 0 aromatic heterocycles. The summed E-state index contributed by atoms with van der Waals surface area (Å²) in [6, 6.07) is 14.8. The highest BCUT2D eigenvalue weighted by molar-refractivity contribution is 5.89. The lowest BCUT2D eigenvalue weighted by molar-refractivity contribution is -0.139. The van der Waals surface area contributed by atoms with Crippen LogP contribution in [0.5, 0.6) is 5.75 Å². The van der Waals surface area contributed by atoms with Gasteiger partial charge in [0.2, 0.25) is 0 Å². The standard InChI is InChI=1S/C19H19NO5/c21-18(22)13-24-16-8-9-17-15(11-16)7-4-10-20(17)19(23)25-12-14-5-2-1-3-6-14/h1-3,5-6,8-9,11H,4,7,10,12-13H2,(H,21,22). The molecule has 6 heteroatoms. The average Bonchev–Trinajstić information content (AvgIpc) is 2.64. The summed E-state index contributed by atoms with van der Waals surface area (Å²) < 4.78 is 10.6. The lowest BCUT2D eigenvalue weighted by Crippen LogP contribution is -2.35. The molecule has 1 N–H and O–H groups in total. The molecule has 0 saturated heterocycles. The van der Waals surface area contributed by atoms with Gasteiger partial charge in [0, 0.05) is 6.54 Å². The molecule has 0 bridgehead atoms. The predicted octanol–water partition coefficient (Wildman–Crippen LogP) is 3.24. The molecule has 1 aliphatic rings. The van der Waals surface area contributed by atoms with E-state index in [4.69, 9.17) is 14.6 Å². The number of aliphatic carboxylic acids is 1. The van der Waals surface area contributed by atoms with Crippen LogP contribution in [-0.4, -0.2) is 30.3 Å². The molecular formula is C19H19NO5. The van der Waals surface area contributed by atoms with Crippen molar-refractivity contribution in [3.05, 3.63) is 59.7 Å². The minimum absolute atomic E-state index is 0.227. The molecule has 0 atom stereocenters. The Hall–Kier alpha value is -3.02. The maximum absolute atomic E-state index is 12.4. The van der Waals surface area contributed by atoms with Crippen LogP contribution in [0, 0.1) is 0 Å². The molecule has 1 amide bonds.